The molecule has 0 amide bonds. The molecule has 2 heterocycles. The lowest BCUT2D eigenvalue weighted by Crippen LogP contribution is -2.57. The van der Waals surface area contributed by atoms with Crippen LogP contribution in [0.2, 0.25) is 0 Å². The van der Waals surface area contributed by atoms with Crippen LogP contribution in [0.25, 0.3) is 10.8 Å². The quantitative estimate of drug-likeness (QED) is 0.336. The van der Waals surface area contributed by atoms with Crippen LogP contribution < -0.4 is 0 Å². The van der Waals surface area contributed by atoms with Crippen molar-refractivity contribution in [3.05, 3.63) is 119 Å². The molecular weight excluding hydrogens is 464 g/mol. The van der Waals surface area contributed by atoms with Crippen molar-refractivity contribution < 1.29 is 23.7 Å². The largest absolute Gasteiger partial charge is 0.374 e. The summed E-state index contributed by atoms with van der Waals surface area (Å²) in [6, 6.07) is 33.2. The van der Waals surface area contributed by atoms with Gasteiger partial charge in [-0.05, 0) is 45.2 Å². The highest BCUT2D eigenvalue weighted by molar-refractivity contribution is 5.84. The molecule has 37 heavy (non-hydrogen) atoms. The monoisotopic (exact) mass is 496 g/mol. The van der Waals surface area contributed by atoms with Gasteiger partial charge in [0.05, 0.1) is 39.6 Å². The van der Waals surface area contributed by atoms with Crippen LogP contribution in [-0.4, -0.2) is 37.6 Å². The number of rotatable bonds is 6. The smallest absolute Gasteiger partial charge is 0.115 e. The second-order valence-electron chi connectivity index (χ2n) is 9.73. The Balaban J connectivity index is 1.27. The lowest BCUT2D eigenvalue weighted by atomic mass is 9.97. The summed E-state index contributed by atoms with van der Waals surface area (Å²) in [5.41, 5.74) is 4.50. The van der Waals surface area contributed by atoms with E-state index < -0.39 is 0 Å². The number of fused-ring (bicyclic) bond motifs is 4. The van der Waals surface area contributed by atoms with Crippen LogP contribution in [-0.2, 0) is 50.1 Å². The fourth-order valence-corrected chi connectivity index (χ4v) is 5.14. The highest BCUT2D eigenvalue weighted by atomic mass is 16.6. The zero-order valence-corrected chi connectivity index (χ0v) is 20.8. The summed E-state index contributed by atoms with van der Waals surface area (Å²) in [4.78, 5) is 0. The molecule has 0 aromatic heterocycles. The predicted octanol–water partition coefficient (Wildman–Crippen LogP) is 5.82. The van der Waals surface area contributed by atoms with E-state index in [1.165, 1.54) is 10.8 Å². The first-order chi connectivity index (χ1) is 18.3. The van der Waals surface area contributed by atoms with E-state index in [9.17, 15) is 0 Å². The Morgan fingerprint density at radius 3 is 1.89 bits per heavy atom. The molecule has 1 saturated heterocycles. The summed E-state index contributed by atoms with van der Waals surface area (Å²) < 4.78 is 32.1. The molecule has 0 N–H and O–H groups in total. The highest BCUT2D eigenvalue weighted by Crippen LogP contribution is 2.30. The lowest BCUT2D eigenvalue weighted by molar-refractivity contribution is -0.247. The summed E-state index contributed by atoms with van der Waals surface area (Å²) in [5.74, 6) is 0. The van der Waals surface area contributed by atoms with Crippen molar-refractivity contribution in [2.45, 2.75) is 50.8 Å². The third-order valence-corrected chi connectivity index (χ3v) is 7.16. The van der Waals surface area contributed by atoms with E-state index in [1.54, 1.807) is 0 Å². The molecule has 3 unspecified atom stereocenters. The van der Waals surface area contributed by atoms with Gasteiger partial charge < -0.3 is 23.7 Å². The van der Waals surface area contributed by atoms with Gasteiger partial charge in [-0.3, -0.25) is 0 Å². The topological polar surface area (TPSA) is 46.2 Å². The number of hydrogen-bond donors (Lipinski definition) is 0. The van der Waals surface area contributed by atoms with E-state index in [0.717, 1.165) is 22.3 Å². The second kappa shape index (κ2) is 11.5. The first-order valence-electron chi connectivity index (χ1n) is 13.0. The summed E-state index contributed by atoms with van der Waals surface area (Å²) in [6.07, 6.45) is -1.13. The van der Waals surface area contributed by atoms with Gasteiger partial charge in [-0.15, -0.1) is 0 Å². The van der Waals surface area contributed by atoms with Crippen molar-refractivity contribution in [3.63, 3.8) is 0 Å². The molecule has 5 nitrogen and oxygen atoms in total. The van der Waals surface area contributed by atoms with Crippen LogP contribution in [0.4, 0.5) is 0 Å². The maximum absolute atomic E-state index is 6.68. The maximum Gasteiger partial charge on any atom is 0.115 e. The van der Waals surface area contributed by atoms with Crippen molar-refractivity contribution in [1.29, 1.82) is 0 Å². The van der Waals surface area contributed by atoms with E-state index in [1.807, 2.05) is 36.4 Å². The van der Waals surface area contributed by atoms with Crippen LogP contribution in [0.3, 0.4) is 0 Å². The number of benzene rings is 4. The van der Waals surface area contributed by atoms with Gasteiger partial charge in [0.25, 0.3) is 0 Å². The van der Waals surface area contributed by atoms with Crippen LogP contribution in [0.15, 0.2) is 97.1 Å². The molecule has 0 spiro atoms. The van der Waals surface area contributed by atoms with E-state index in [-0.39, 0.29) is 24.4 Å². The zero-order chi connectivity index (χ0) is 24.9. The molecule has 6 rings (SSSR count). The Morgan fingerprint density at radius 1 is 0.622 bits per heavy atom. The van der Waals surface area contributed by atoms with Crippen LogP contribution in [0, 0.1) is 0 Å². The van der Waals surface area contributed by atoms with Crippen molar-refractivity contribution in [2.24, 2.45) is 0 Å². The molecule has 0 radical (unpaired) electrons. The normalized spacial score (nSPS) is 23.9. The fourth-order valence-electron chi connectivity index (χ4n) is 5.14. The van der Waals surface area contributed by atoms with Gasteiger partial charge in [0.2, 0.25) is 0 Å². The van der Waals surface area contributed by atoms with Gasteiger partial charge in [0.15, 0.2) is 0 Å². The molecule has 4 atom stereocenters. The number of hydrogen-bond acceptors (Lipinski definition) is 5. The van der Waals surface area contributed by atoms with Gasteiger partial charge in [-0.1, -0.05) is 84.9 Å². The summed E-state index contributed by atoms with van der Waals surface area (Å²) >= 11 is 0. The van der Waals surface area contributed by atoms with Gasteiger partial charge in [0.1, 0.15) is 24.4 Å². The van der Waals surface area contributed by atoms with Gasteiger partial charge in [0, 0.05) is 0 Å². The van der Waals surface area contributed by atoms with Crippen molar-refractivity contribution in [3.8, 4) is 0 Å². The van der Waals surface area contributed by atoms with E-state index >= 15 is 0 Å². The molecular formula is C32H32O5. The fraction of sp³-hybridized carbons (Fsp3) is 0.312. The van der Waals surface area contributed by atoms with E-state index in [0.29, 0.717) is 39.6 Å². The standard InChI is InChI=1S/C32H32O5/c1-3-9-23(10-4-1)17-34-30-22-35-29-21-33-19-27-15-25-13-7-8-14-26(25)16-28(27)20-37-32(30)31(29)36-18-24-11-5-2-6-12-24/h1-16,29-32H,17-22H2/t29?,30?,31-,32?/m1/s1. The van der Waals surface area contributed by atoms with Gasteiger partial charge in [-0.25, -0.2) is 0 Å². The van der Waals surface area contributed by atoms with Gasteiger partial charge in [-0.2, -0.15) is 0 Å². The van der Waals surface area contributed by atoms with Gasteiger partial charge >= 0.3 is 0 Å². The Kier molecular flexibility index (Phi) is 7.58. The van der Waals surface area contributed by atoms with Crippen molar-refractivity contribution >= 4 is 10.8 Å². The Bertz CT molecular complexity index is 1290. The molecule has 2 bridgehead atoms. The molecule has 5 heteroatoms. The minimum atomic E-state index is -0.322. The van der Waals surface area contributed by atoms with Crippen LogP contribution >= 0.6 is 0 Å². The molecule has 0 saturated carbocycles. The van der Waals surface area contributed by atoms with Crippen molar-refractivity contribution in [2.75, 3.05) is 13.2 Å². The minimum Gasteiger partial charge on any atom is -0.374 e. The van der Waals surface area contributed by atoms with Crippen LogP contribution in [0.1, 0.15) is 22.3 Å². The molecule has 4 aromatic carbocycles. The average Bonchev–Trinajstić information content (AvgIpc) is 2.95. The first-order valence-corrected chi connectivity index (χ1v) is 13.0. The molecule has 190 valence electrons. The van der Waals surface area contributed by atoms with E-state index in [2.05, 4.69) is 60.7 Å². The van der Waals surface area contributed by atoms with Crippen LogP contribution in [0.5, 0.6) is 0 Å². The zero-order valence-electron chi connectivity index (χ0n) is 20.8. The second-order valence-corrected chi connectivity index (χ2v) is 9.73. The lowest BCUT2D eigenvalue weighted by Gasteiger charge is -2.42. The molecule has 2 aliphatic rings. The first kappa shape index (κ1) is 24.3. The highest BCUT2D eigenvalue weighted by Gasteiger charge is 2.43. The summed E-state index contributed by atoms with van der Waals surface area (Å²) in [5, 5.41) is 2.40. The molecule has 2 aliphatic heterocycles. The Hall–Kier alpha value is -3.06. The predicted molar refractivity (Wildman–Crippen MR) is 142 cm³/mol. The number of ether oxygens (including phenoxy) is 5. The molecule has 0 aliphatic carbocycles. The molecule has 4 aromatic rings. The van der Waals surface area contributed by atoms with Crippen molar-refractivity contribution in [1.82, 2.24) is 0 Å². The Morgan fingerprint density at radius 2 is 1.22 bits per heavy atom. The average molecular weight is 497 g/mol. The maximum atomic E-state index is 6.68. The molecule has 1 fully saturated rings. The third kappa shape index (κ3) is 5.77. The minimum absolute atomic E-state index is 0.243. The summed E-state index contributed by atoms with van der Waals surface area (Å²) in [7, 11) is 0. The SMILES string of the molecule is c1ccc(COC2COC3COCc4cc5ccccc5cc4COC2[C@@H]3OCc2ccccc2)cc1. The summed E-state index contributed by atoms with van der Waals surface area (Å²) in [6.45, 7) is 2.78. The van der Waals surface area contributed by atoms with E-state index in [4.69, 9.17) is 23.7 Å². The third-order valence-electron chi connectivity index (χ3n) is 7.16. The Labute approximate surface area is 217 Å².